The molecule has 1 aliphatic rings. The van der Waals surface area contributed by atoms with Gasteiger partial charge >= 0.3 is 6.61 Å². The molecule has 0 atom stereocenters. The minimum Gasteiger partial charge on any atom is -0.435 e. The summed E-state index contributed by atoms with van der Waals surface area (Å²) in [4.78, 5) is 0. The summed E-state index contributed by atoms with van der Waals surface area (Å²) >= 11 is 0. The first-order chi connectivity index (χ1) is 7.81. The minimum absolute atomic E-state index is 0.0153. The minimum atomic E-state index is -2.90. The predicted molar refractivity (Wildman–Crippen MR) is 53.1 cm³/mol. The maximum atomic E-state index is 12.8. The molecule has 1 aromatic carbocycles. The van der Waals surface area contributed by atoms with Gasteiger partial charge in [-0.15, -0.1) is 0 Å². The molecule has 2 nitrogen and oxygen atoms in total. The van der Waals surface area contributed by atoms with Gasteiger partial charge in [-0.25, -0.2) is 8.78 Å². The molecule has 0 aliphatic heterocycles. The van der Waals surface area contributed by atoms with Crippen LogP contribution in [0.4, 0.5) is 17.6 Å². The van der Waals surface area contributed by atoms with Crippen LogP contribution in [0, 0.1) is 0 Å². The molecule has 6 heteroatoms. The third kappa shape index (κ3) is 2.52. The molecule has 0 bridgehead atoms. The molecule has 0 aromatic heterocycles. The largest absolute Gasteiger partial charge is 0.435 e. The molecule has 0 unspecified atom stereocenters. The van der Waals surface area contributed by atoms with Gasteiger partial charge in [0.2, 0.25) is 0 Å². The first kappa shape index (κ1) is 12.2. The molecule has 2 N–H and O–H groups in total. The van der Waals surface area contributed by atoms with Gasteiger partial charge in [0.05, 0.1) is 5.54 Å². The van der Waals surface area contributed by atoms with Crippen molar-refractivity contribution in [3.05, 3.63) is 29.8 Å². The first-order valence-electron chi connectivity index (χ1n) is 5.03. The Hall–Kier alpha value is -1.30. The van der Waals surface area contributed by atoms with Gasteiger partial charge in [0.1, 0.15) is 5.75 Å². The maximum absolute atomic E-state index is 12.8. The number of halogens is 4. The highest BCUT2D eigenvalue weighted by Crippen LogP contribution is 2.49. The Labute approximate surface area is 95.4 Å². The van der Waals surface area contributed by atoms with Gasteiger partial charge in [-0.05, 0) is 17.7 Å². The number of alkyl halides is 4. The predicted octanol–water partition coefficient (Wildman–Crippen LogP) is 2.87. The fourth-order valence-electron chi connectivity index (χ4n) is 2.04. The van der Waals surface area contributed by atoms with Crippen molar-refractivity contribution in [1.29, 1.82) is 0 Å². The van der Waals surface area contributed by atoms with E-state index in [4.69, 9.17) is 5.73 Å². The van der Waals surface area contributed by atoms with Crippen LogP contribution in [-0.2, 0) is 5.54 Å². The van der Waals surface area contributed by atoms with Gasteiger partial charge in [0, 0.05) is 12.8 Å². The molecule has 1 aromatic rings. The van der Waals surface area contributed by atoms with Crippen molar-refractivity contribution >= 4 is 0 Å². The second kappa shape index (κ2) is 3.87. The van der Waals surface area contributed by atoms with E-state index in [1.807, 2.05) is 0 Å². The summed E-state index contributed by atoms with van der Waals surface area (Å²) in [5.41, 5.74) is 5.22. The standard InChI is InChI=1S/C11H11F4NO/c12-9(13)17-8-3-1-7(2-4-8)10(16)5-11(14,15)6-10/h1-4,9H,5-6,16H2. The number of hydrogen-bond donors (Lipinski definition) is 1. The van der Waals surface area contributed by atoms with Gasteiger partial charge in [0.25, 0.3) is 5.92 Å². The van der Waals surface area contributed by atoms with Crippen LogP contribution in [0.1, 0.15) is 18.4 Å². The summed E-state index contributed by atoms with van der Waals surface area (Å²) in [6.07, 6.45) is -0.843. The third-order valence-corrected chi connectivity index (χ3v) is 2.80. The van der Waals surface area contributed by atoms with Crippen LogP contribution >= 0.6 is 0 Å². The van der Waals surface area contributed by atoms with Crippen LogP contribution in [0.15, 0.2) is 24.3 Å². The Morgan fingerprint density at radius 3 is 2.06 bits per heavy atom. The average Bonchev–Trinajstić information content (AvgIpc) is 2.14. The maximum Gasteiger partial charge on any atom is 0.387 e. The molecule has 1 aliphatic carbocycles. The fraction of sp³-hybridized carbons (Fsp3) is 0.455. The van der Waals surface area contributed by atoms with E-state index in [9.17, 15) is 17.6 Å². The zero-order valence-corrected chi connectivity index (χ0v) is 8.80. The topological polar surface area (TPSA) is 35.2 Å². The summed E-state index contributed by atoms with van der Waals surface area (Å²) in [5, 5.41) is 0. The lowest BCUT2D eigenvalue weighted by atomic mass is 9.70. The molecule has 1 saturated carbocycles. The van der Waals surface area contributed by atoms with E-state index >= 15 is 0 Å². The number of rotatable bonds is 3. The summed E-state index contributed by atoms with van der Waals surface area (Å²) in [6.45, 7) is -2.90. The van der Waals surface area contributed by atoms with Crippen molar-refractivity contribution in [2.75, 3.05) is 0 Å². The molecule has 0 amide bonds. The third-order valence-electron chi connectivity index (χ3n) is 2.80. The van der Waals surface area contributed by atoms with Crippen LogP contribution in [0.3, 0.4) is 0 Å². The normalized spacial score (nSPS) is 21.1. The molecule has 0 spiro atoms. The Bertz CT molecular complexity index is 396. The van der Waals surface area contributed by atoms with Crippen molar-refractivity contribution < 1.29 is 22.3 Å². The van der Waals surface area contributed by atoms with Crippen molar-refractivity contribution in [3.63, 3.8) is 0 Å². The van der Waals surface area contributed by atoms with E-state index in [1.54, 1.807) is 0 Å². The van der Waals surface area contributed by atoms with Crippen molar-refractivity contribution in [2.45, 2.75) is 30.9 Å². The molecule has 17 heavy (non-hydrogen) atoms. The Morgan fingerprint density at radius 2 is 1.65 bits per heavy atom. The smallest absolute Gasteiger partial charge is 0.387 e. The van der Waals surface area contributed by atoms with Crippen LogP contribution in [0.5, 0.6) is 5.75 Å². The van der Waals surface area contributed by atoms with Gasteiger partial charge in [-0.3, -0.25) is 0 Å². The zero-order chi connectivity index (χ0) is 12.7. The highest BCUT2D eigenvalue weighted by Gasteiger charge is 2.55. The lowest BCUT2D eigenvalue weighted by Gasteiger charge is -2.44. The van der Waals surface area contributed by atoms with Crippen LogP contribution < -0.4 is 10.5 Å². The van der Waals surface area contributed by atoms with Crippen LogP contribution in [0.25, 0.3) is 0 Å². The Balaban J connectivity index is 2.09. The van der Waals surface area contributed by atoms with E-state index in [0.717, 1.165) is 0 Å². The van der Waals surface area contributed by atoms with E-state index in [1.165, 1.54) is 24.3 Å². The number of hydrogen-bond acceptors (Lipinski definition) is 2. The zero-order valence-electron chi connectivity index (χ0n) is 8.80. The second-order valence-electron chi connectivity index (χ2n) is 4.27. The summed E-state index contributed by atoms with van der Waals surface area (Å²) in [5.74, 6) is -2.74. The van der Waals surface area contributed by atoms with Crippen molar-refractivity contribution in [1.82, 2.24) is 0 Å². The van der Waals surface area contributed by atoms with E-state index < -0.39 is 30.9 Å². The Kier molecular flexibility index (Phi) is 2.77. The van der Waals surface area contributed by atoms with Gasteiger partial charge < -0.3 is 10.5 Å². The highest BCUT2D eigenvalue weighted by atomic mass is 19.3. The average molecular weight is 249 g/mol. The molecule has 0 radical (unpaired) electrons. The number of benzene rings is 1. The van der Waals surface area contributed by atoms with E-state index in [0.29, 0.717) is 5.56 Å². The molecule has 2 rings (SSSR count). The molecule has 0 saturated heterocycles. The van der Waals surface area contributed by atoms with E-state index in [2.05, 4.69) is 4.74 Å². The Morgan fingerprint density at radius 1 is 1.12 bits per heavy atom. The van der Waals surface area contributed by atoms with E-state index in [-0.39, 0.29) is 5.75 Å². The second-order valence-corrected chi connectivity index (χ2v) is 4.27. The SMILES string of the molecule is NC1(c2ccc(OC(F)F)cc2)CC(F)(F)C1. The van der Waals surface area contributed by atoms with Crippen LogP contribution in [0.2, 0.25) is 0 Å². The van der Waals surface area contributed by atoms with Crippen LogP contribution in [-0.4, -0.2) is 12.5 Å². The van der Waals surface area contributed by atoms with Crippen molar-refractivity contribution in [3.8, 4) is 5.75 Å². The quantitative estimate of drug-likeness (QED) is 0.836. The summed E-state index contributed by atoms with van der Waals surface area (Å²) in [6, 6.07) is 5.47. The lowest BCUT2D eigenvalue weighted by Crippen LogP contribution is -2.55. The molecule has 94 valence electrons. The summed E-state index contributed by atoms with van der Waals surface area (Å²) in [7, 11) is 0. The summed E-state index contributed by atoms with van der Waals surface area (Å²) < 4.78 is 53.5. The number of nitrogens with two attached hydrogens (primary N) is 1. The molecule has 1 fully saturated rings. The molecular formula is C11H11F4NO. The molecular weight excluding hydrogens is 238 g/mol. The van der Waals surface area contributed by atoms with Gasteiger partial charge in [-0.1, -0.05) is 12.1 Å². The first-order valence-corrected chi connectivity index (χ1v) is 5.03. The van der Waals surface area contributed by atoms with Gasteiger partial charge in [0.15, 0.2) is 0 Å². The lowest BCUT2D eigenvalue weighted by molar-refractivity contribution is -0.125. The monoisotopic (exact) mass is 249 g/mol. The highest BCUT2D eigenvalue weighted by molar-refractivity contribution is 5.34. The number of ether oxygens (including phenoxy) is 1. The molecule has 0 heterocycles. The van der Waals surface area contributed by atoms with Gasteiger partial charge in [-0.2, -0.15) is 8.78 Å². The van der Waals surface area contributed by atoms with Crippen molar-refractivity contribution in [2.24, 2.45) is 5.73 Å². The fourth-order valence-corrected chi connectivity index (χ4v) is 2.04.